The predicted molar refractivity (Wildman–Crippen MR) is 118 cm³/mol. The number of amides is 2. The van der Waals surface area contributed by atoms with Gasteiger partial charge in [-0.15, -0.1) is 0 Å². The van der Waals surface area contributed by atoms with Gasteiger partial charge >= 0.3 is 0 Å². The van der Waals surface area contributed by atoms with Gasteiger partial charge in [-0.05, 0) is 55.7 Å². The van der Waals surface area contributed by atoms with Crippen molar-refractivity contribution in [2.45, 2.75) is 25.7 Å². The first-order valence-corrected chi connectivity index (χ1v) is 10.6. The van der Waals surface area contributed by atoms with E-state index in [0.717, 1.165) is 29.7 Å². The van der Waals surface area contributed by atoms with E-state index in [2.05, 4.69) is 29.4 Å². The van der Waals surface area contributed by atoms with Crippen molar-refractivity contribution in [1.29, 1.82) is 0 Å². The number of hydrogen-bond acceptors (Lipinski definition) is 3. The molecule has 2 N–H and O–H groups in total. The average molecular weight is 445 g/mol. The molecule has 0 atom stereocenters. The van der Waals surface area contributed by atoms with E-state index in [1.165, 1.54) is 11.6 Å². The molecule has 1 fully saturated rings. The standard InChI is InChI=1S/C22H22Cl2N4O2/c1-13-2-5-18-19(10-13)27-21(26-18)14-6-8-28(9-7-14)20(29)12-25-22(30)16-4-3-15(23)11-17(16)24/h2-5,10-11,14H,6-9,12H2,1H3,(H,25,30)(H,26,27). The summed E-state index contributed by atoms with van der Waals surface area (Å²) in [5.41, 5.74) is 3.51. The molecule has 0 unspecified atom stereocenters. The molecule has 1 aromatic heterocycles. The summed E-state index contributed by atoms with van der Waals surface area (Å²) in [4.78, 5) is 34.7. The van der Waals surface area contributed by atoms with Gasteiger partial charge in [0.1, 0.15) is 5.82 Å². The number of halogens is 2. The normalized spacial score (nSPS) is 14.8. The number of rotatable bonds is 4. The summed E-state index contributed by atoms with van der Waals surface area (Å²) < 4.78 is 0. The molecule has 0 radical (unpaired) electrons. The third-order valence-electron chi connectivity index (χ3n) is 5.47. The second-order valence-corrected chi connectivity index (χ2v) is 8.45. The summed E-state index contributed by atoms with van der Waals surface area (Å²) in [6.07, 6.45) is 1.67. The maximum Gasteiger partial charge on any atom is 0.253 e. The number of nitrogens with zero attached hydrogens (tertiary/aromatic N) is 2. The van der Waals surface area contributed by atoms with Crippen molar-refractivity contribution in [1.82, 2.24) is 20.2 Å². The van der Waals surface area contributed by atoms with Gasteiger partial charge in [-0.1, -0.05) is 29.3 Å². The number of benzene rings is 2. The van der Waals surface area contributed by atoms with Gasteiger partial charge in [0.25, 0.3) is 5.91 Å². The lowest BCUT2D eigenvalue weighted by atomic mass is 9.96. The minimum atomic E-state index is -0.391. The van der Waals surface area contributed by atoms with Crippen LogP contribution in [0.2, 0.25) is 10.0 Å². The molecular weight excluding hydrogens is 423 g/mol. The van der Waals surface area contributed by atoms with Crippen LogP contribution in [0.25, 0.3) is 11.0 Å². The number of fused-ring (bicyclic) bond motifs is 1. The third kappa shape index (κ3) is 4.45. The highest BCUT2D eigenvalue weighted by atomic mass is 35.5. The van der Waals surface area contributed by atoms with Crippen LogP contribution in [0.15, 0.2) is 36.4 Å². The summed E-state index contributed by atoms with van der Waals surface area (Å²) in [5, 5.41) is 3.36. The molecule has 0 bridgehead atoms. The number of carbonyl (C=O) groups excluding carboxylic acids is 2. The Kier molecular flexibility index (Phi) is 5.97. The Morgan fingerprint density at radius 1 is 1.17 bits per heavy atom. The van der Waals surface area contributed by atoms with Crippen molar-refractivity contribution >= 4 is 46.0 Å². The number of hydrogen-bond donors (Lipinski definition) is 2. The molecule has 1 aliphatic rings. The van der Waals surface area contributed by atoms with Gasteiger partial charge in [-0.25, -0.2) is 4.98 Å². The molecular formula is C22H22Cl2N4O2. The molecule has 8 heteroatoms. The second kappa shape index (κ2) is 8.66. The smallest absolute Gasteiger partial charge is 0.253 e. The summed E-state index contributed by atoms with van der Waals surface area (Å²) in [7, 11) is 0. The van der Waals surface area contributed by atoms with Crippen LogP contribution in [0, 0.1) is 6.92 Å². The van der Waals surface area contributed by atoms with Gasteiger partial charge < -0.3 is 15.2 Å². The number of H-pyrrole nitrogens is 1. The number of aromatic nitrogens is 2. The highest BCUT2D eigenvalue weighted by Crippen LogP contribution is 2.28. The minimum Gasteiger partial charge on any atom is -0.343 e. The molecule has 1 aliphatic heterocycles. The molecule has 0 spiro atoms. The van der Waals surface area contributed by atoms with Crippen LogP contribution >= 0.6 is 23.2 Å². The Morgan fingerprint density at radius 2 is 1.93 bits per heavy atom. The van der Waals surface area contributed by atoms with Gasteiger partial charge in [-0.2, -0.15) is 0 Å². The zero-order valence-electron chi connectivity index (χ0n) is 16.5. The molecule has 2 aromatic carbocycles. The Morgan fingerprint density at radius 3 is 2.67 bits per heavy atom. The molecule has 30 heavy (non-hydrogen) atoms. The molecule has 3 aromatic rings. The minimum absolute atomic E-state index is 0.0631. The molecule has 156 valence electrons. The first-order valence-electron chi connectivity index (χ1n) is 9.88. The predicted octanol–water partition coefficient (Wildman–Crippen LogP) is 4.31. The van der Waals surface area contributed by atoms with Crippen molar-refractivity contribution in [2.24, 2.45) is 0 Å². The Labute approximate surface area is 184 Å². The fraction of sp³-hybridized carbons (Fsp3) is 0.318. The Balaban J connectivity index is 1.31. The van der Waals surface area contributed by atoms with Gasteiger partial charge in [0.05, 0.1) is 28.2 Å². The number of nitrogens with one attached hydrogen (secondary N) is 2. The monoisotopic (exact) mass is 444 g/mol. The van der Waals surface area contributed by atoms with Gasteiger partial charge in [-0.3, -0.25) is 9.59 Å². The van der Waals surface area contributed by atoms with Crippen LogP contribution in [0.4, 0.5) is 0 Å². The SMILES string of the molecule is Cc1ccc2nc(C3CCN(C(=O)CNC(=O)c4ccc(Cl)cc4Cl)CC3)[nH]c2c1. The fourth-order valence-electron chi connectivity index (χ4n) is 3.78. The van der Waals surface area contributed by atoms with E-state index < -0.39 is 5.91 Å². The van der Waals surface area contributed by atoms with Crippen LogP contribution in [-0.4, -0.2) is 46.3 Å². The van der Waals surface area contributed by atoms with Crippen LogP contribution in [0.3, 0.4) is 0 Å². The van der Waals surface area contributed by atoms with Crippen molar-refractivity contribution in [2.75, 3.05) is 19.6 Å². The van der Waals surface area contributed by atoms with Gasteiger partial charge in [0.15, 0.2) is 0 Å². The number of piperidine rings is 1. The topological polar surface area (TPSA) is 78.1 Å². The zero-order chi connectivity index (χ0) is 21.3. The number of aromatic amines is 1. The van der Waals surface area contributed by atoms with Crippen LogP contribution in [0.1, 0.15) is 40.5 Å². The molecule has 0 saturated carbocycles. The van der Waals surface area contributed by atoms with E-state index in [9.17, 15) is 9.59 Å². The van der Waals surface area contributed by atoms with Crippen LogP contribution in [-0.2, 0) is 4.79 Å². The summed E-state index contributed by atoms with van der Waals surface area (Å²) in [6, 6.07) is 10.8. The van der Waals surface area contributed by atoms with E-state index in [1.54, 1.807) is 17.0 Å². The summed E-state index contributed by atoms with van der Waals surface area (Å²) in [6.45, 7) is 3.27. The highest BCUT2D eigenvalue weighted by molar-refractivity contribution is 6.36. The van der Waals surface area contributed by atoms with Crippen molar-refractivity contribution in [3.8, 4) is 0 Å². The van der Waals surface area contributed by atoms with E-state index in [0.29, 0.717) is 29.6 Å². The first-order chi connectivity index (χ1) is 14.4. The molecule has 4 rings (SSSR count). The Hall–Kier alpha value is -2.57. The summed E-state index contributed by atoms with van der Waals surface area (Å²) >= 11 is 11.9. The maximum atomic E-state index is 12.5. The van der Waals surface area contributed by atoms with Crippen molar-refractivity contribution in [3.63, 3.8) is 0 Å². The molecule has 2 amide bonds. The Bertz CT molecular complexity index is 1100. The highest BCUT2D eigenvalue weighted by Gasteiger charge is 2.26. The number of imidazole rings is 1. The van der Waals surface area contributed by atoms with Crippen LogP contribution in [0.5, 0.6) is 0 Å². The lowest BCUT2D eigenvalue weighted by Gasteiger charge is -2.31. The fourth-order valence-corrected chi connectivity index (χ4v) is 4.27. The van der Waals surface area contributed by atoms with Crippen molar-refractivity contribution in [3.05, 3.63) is 63.4 Å². The maximum absolute atomic E-state index is 12.5. The number of carbonyl (C=O) groups is 2. The van der Waals surface area contributed by atoms with Crippen LogP contribution < -0.4 is 5.32 Å². The quantitative estimate of drug-likeness (QED) is 0.628. The first kappa shape index (κ1) is 20.7. The van der Waals surface area contributed by atoms with Gasteiger partial charge in [0.2, 0.25) is 5.91 Å². The van der Waals surface area contributed by atoms with E-state index in [-0.39, 0.29) is 17.5 Å². The largest absolute Gasteiger partial charge is 0.343 e. The zero-order valence-corrected chi connectivity index (χ0v) is 18.1. The van der Waals surface area contributed by atoms with Gasteiger partial charge in [0, 0.05) is 24.0 Å². The number of aryl methyl sites for hydroxylation is 1. The van der Waals surface area contributed by atoms with E-state index >= 15 is 0 Å². The molecule has 0 aliphatic carbocycles. The van der Waals surface area contributed by atoms with E-state index in [4.69, 9.17) is 28.2 Å². The lowest BCUT2D eigenvalue weighted by Crippen LogP contribution is -2.43. The summed E-state index contributed by atoms with van der Waals surface area (Å²) in [5.74, 6) is 0.780. The molecule has 6 nitrogen and oxygen atoms in total. The number of likely N-dealkylation sites (tertiary alicyclic amines) is 1. The third-order valence-corrected chi connectivity index (χ3v) is 6.01. The lowest BCUT2D eigenvalue weighted by molar-refractivity contribution is -0.131. The molecule has 2 heterocycles. The second-order valence-electron chi connectivity index (χ2n) is 7.60. The molecule has 1 saturated heterocycles. The average Bonchev–Trinajstić information content (AvgIpc) is 3.15. The van der Waals surface area contributed by atoms with Crippen molar-refractivity contribution < 1.29 is 9.59 Å². The van der Waals surface area contributed by atoms with E-state index in [1.807, 2.05) is 6.07 Å².